The lowest BCUT2D eigenvalue weighted by molar-refractivity contribution is -0.118. The average molecular weight is 351 g/mol. The zero-order chi connectivity index (χ0) is 17.9. The highest BCUT2D eigenvalue weighted by Gasteiger charge is 2.26. The number of hydrogen-bond donors (Lipinski definition) is 0. The second kappa shape index (κ2) is 7.17. The minimum Gasteiger partial charge on any atom is -0.465 e. The van der Waals surface area contributed by atoms with Crippen molar-refractivity contribution < 1.29 is 22.7 Å². The number of esters is 1. The second-order valence-electron chi connectivity index (χ2n) is 5.73. The zero-order valence-corrected chi connectivity index (χ0v) is 14.7. The van der Waals surface area contributed by atoms with Gasteiger partial charge in [0.25, 0.3) is 0 Å². The molecule has 0 bridgehead atoms. The van der Waals surface area contributed by atoms with E-state index in [0.717, 1.165) is 35.1 Å². The molecule has 1 amide bonds. The minimum atomic E-state index is -3.41. The van der Waals surface area contributed by atoms with Crippen LogP contribution in [0.4, 0.5) is 5.69 Å². The number of anilines is 1. The summed E-state index contributed by atoms with van der Waals surface area (Å²) in [6.07, 6.45) is 1.43. The summed E-state index contributed by atoms with van der Waals surface area (Å²) in [6, 6.07) is 3.44. The van der Waals surface area contributed by atoms with E-state index >= 15 is 0 Å². The Kier molecular flexibility index (Phi) is 5.43. The van der Waals surface area contributed by atoms with E-state index in [1.54, 1.807) is 17.0 Å². The molecule has 0 N–H and O–H groups in total. The number of rotatable bonds is 5. The van der Waals surface area contributed by atoms with Gasteiger partial charge in [-0.25, -0.2) is 13.2 Å². The third-order valence-electron chi connectivity index (χ3n) is 4.05. The molecule has 130 valence electrons. The minimum absolute atomic E-state index is 0.0913. The maximum absolute atomic E-state index is 12.5. The van der Waals surface area contributed by atoms with Crippen LogP contribution in [0.1, 0.15) is 34.3 Å². The van der Waals surface area contributed by atoms with Crippen molar-refractivity contribution in [1.29, 1.82) is 0 Å². The molecule has 0 saturated carbocycles. The topological polar surface area (TPSA) is 80.8 Å². The van der Waals surface area contributed by atoms with Gasteiger partial charge in [0.2, 0.25) is 5.91 Å². The SMILES string of the molecule is C=CS(=O)(=O)CCC(=O)N1CCCc2cc(C(=O)OC)cc(C)c21. The van der Waals surface area contributed by atoms with Gasteiger partial charge in [-0.2, -0.15) is 0 Å². The van der Waals surface area contributed by atoms with Crippen molar-refractivity contribution in [3.05, 3.63) is 40.8 Å². The summed E-state index contributed by atoms with van der Waals surface area (Å²) in [7, 11) is -2.08. The number of nitrogens with zero attached hydrogens (tertiary/aromatic N) is 1. The van der Waals surface area contributed by atoms with Crippen molar-refractivity contribution in [2.75, 3.05) is 24.3 Å². The van der Waals surface area contributed by atoms with E-state index in [0.29, 0.717) is 12.1 Å². The van der Waals surface area contributed by atoms with Crippen LogP contribution in [0, 0.1) is 6.92 Å². The molecule has 0 spiro atoms. The van der Waals surface area contributed by atoms with Gasteiger partial charge in [0, 0.05) is 24.1 Å². The molecule has 1 aromatic carbocycles. The Labute approximate surface area is 142 Å². The smallest absolute Gasteiger partial charge is 0.337 e. The van der Waals surface area contributed by atoms with Crippen molar-refractivity contribution >= 4 is 27.4 Å². The molecular weight excluding hydrogens is 330 g/mol. The summed E-state index contributed by atoms with van der Waals surface area (Å²) < 4.78 is 27.8. The van der Waals surface area contributed by atoms with Crippen LogP contribution in [0.15, 0.2) is 24.1 Å². The molecule has 1 aromatic rings. The summed E-state index contributed by atoms with van der Waals surface area (Å²) in [5.41, 5.74) is 2.93. The van der Waals surface area contributed by atoms with E-state index in [2.05, 4.69) is 6.58 Å². The van der Waals surface area contributed by atoms with E-state index in [-0.39, 0.29) is 18.1 Å². The lowest BCUT2D eigenvalue weighted by Gasteiger charge is -2.31. The molecular formula is C17H21NO5S. The highest BCUT2D eigenvalue weighted by Crippen LogP contribution is 2.32. The molecule has 0 aliphatic carbocycles. The Morgan fingerprint density at radius 2 is 2.08 bits per heavy atom. The van der Waals surface area contributed by atoms with Crippen LogP contribution < -0.4 is 4.90 Å². The summed E-state index contributed by atoms with van der Waals surface area (Å²) in [4.78, 5) is 25.8. The summed E-state index contributed by atoms with van der Waals surface area (Å²) in [6.45, 7) is 5.62. The largest absolute Gasteiger partial charge is 0.465 e. The van der Waals surface area contributed by atoms with Crippen molar-refractivity contribution in [3.8, 4) is 0 Å². The molecule has 0 fully saturated rings. The van der Waals surface area contributed by atoms with Gasteiger partial charge in [0.05, 0.1) is 18.4 Å². The summed E-state index contributed by atoms with van der Waals surface area (Å²) in [5.74, 6) is -0.905. The Hall–Kier alpha value is -2.15. The lowest BCUT2D eigenvalue weighted by Crippen LogP contribution is -2.37. The van der Waals surface area contributed by atoms with Gasteiger partial charge in [-0.1, -0.05) is 6.58 Å². The van der Waals surface area contributed by atoms with Crippen molar-refractivity contribution in [1.82, 2.24) is 0 Å². The molecule has 24 heavy (non-hydrogen) atoms. The molecule has 1 heterocycles. The molecule has 1 aliphatic rings. The third kappa shape index (κ3) is 3.84. The first-order valence-electron chi connectivity index (χ1n) is 7.66. The monoisotopic (exact) mass is 351 g/mol. The van der Waals surface area contributed by atoms with Crippen LogP contribution in [-0.4, -0.2) is 39.7 Å². The fourth-order valence-corrected chi connectivity index (χ4v) is 3.53. The second-order valence-corrected chi connectivity index (χ2v) is 7.79. The number of fused-ring (bicyclic) bond motifs is 1. The fourth-order valence-electron chi connectivity index (χ4n) is 2.90. The molecule has 0 atom stereocenters. The zero-order valence-electron chi connectivity index (χ0n) is 13.9. The molecule has 0 aromatic heterocycles. The standard InChI is InChI=1S/C17H21NO5S/c1-4-24(21,22)9-7-15(19)18-8-5-6-13-11-14(17(20)23-3)10-12(2)16(13)18/h4,10-11H,1,5-9H2,2-3H3. The summed E-state index contributed by atoms with van der Waals surface area (Å²) in [5, 5.41) is 0.873. The number of benzene rings is 1. The van der Waals surface area contributed by atoms with Crippen LogP contribution in [-0.2, 0) is 25.8 Å². The number of methoxy groups -OCH3 is 1. The Morgan fingerprint density at radius 3 is 2.71 bits per heavy atom. The molecule has 2 rings (SSSR count). The number of carbonyl (C=O) groups excluding carboxylic acids is 2. The first-order valence-corrected chi connectivity index (χ1v) is 9.38. The van der Waals surface area contributed by atoms with Crippen molar-refractivity contribution in [3.63, 3.8) is 0 Å². The average Bonchev–Trinajstić information content (AvgIpc) is 2.58. The predicted octanol–water partition coefficient (Wildman–Crippen LogP) is 2.01. The van der Waals surface area contributed by atoms with Gasteiger partial charge >= 0.3 is 5.97 Å². The Bertz CT molecular complexity index is 782. The molecule has 7 heteroatoms. The van der Waals surface area contributed by atoms with Crippen LogP contribution in [0.2, 0.25) is 0 Å². The highest BCUT2D eigenvalue weighted by atomic mass is 32.2. The normalized spacial score (nSPS) is 14.0. The highest BCUT2D eigenvalue weighted by molar-refractivity contribution is 7.94. The van der Waals surface area contributed by atoms with Gasteiger partial charge in [-0.15, -0.1) is 0 Å². The lowest BCUT2D eigenvalue weighted by atomic mass is 9.95. The quantitative estimate of drug-likeness (QED) is 0.758. The maximum atomic E-state index is 12.5. The summed E-state index contributed by atoms with van der Waals surface area (Å²) >= 11 is 0. The van der Waals surface area contributed by atoms with E-state index in [1.807, 2.05) is 6.92 Å². The van der Waals surface area contributed by atoms with E-state index in [9.17, 15) is 18.0 Å². The number of sulfone groups is 1. The van der Waals surface area contributed by atoms with Gasteiger partial charge in [-0.3, -0.25) is 4.79 Å². The van der Waals surface area contributed by atoms with Crippen LogP contribution in [0.5, 0.6) is 0 Å². The fraction of sp³-hybridized carbons (Fsp3) is 0.412. The molecule has 1 aliphatic heterocycles. The first-order chi connectivity index (χ1) is 11.3. The maximum Gasteiger partial charge on any atom is 0.337 e. The van der Waals surface area contributed by atoms with Gasteiger partial charge in [-0.05, 0) is 43.0 Å². The third-order valence-corrected chi connectivity index (χ3v) is 5.33. The number of carbonyl (C=O) groups is 2. The van der Waals surface area contributed by atoms with Crippen LogP contribution in [0.25, 0.3) is 0 Å². The van der Waals surface area contributed by atoms with Crippen molar-refractivity contribution in [2.45, 2.75) is 26.2 Å². The van der Waals surface area contributed by atoms with Crippen molar-refractivity contribution in [2.24, 2.45) is 0 Å². The van der Waals surface area contributed by atoms with Crippen LogP contribution in [0.3, 0.4) is 0 Å². The molecule has 0 unspecified atom stereocenters. The van der Waals surface area contributed by atoms with Gasteiger partial charge in [0.15, 0.2) is 9.84 Å². The Morgan fingerprint density at radius 1 is 1.38 bits per heavy atom. The number of aryl methyl sites for hydroxylation is 2. The van der Waals surface area contributed by atoms with E-state index in [1.165, 1.54) is 7.11 Å². The Balaban J connectivity index is 2.29. The molecule has 0 radical (unpaired) electrons. The van der Waals surface area contributed by atoms with Gasteiger partial charge < -0.3 is 9.64 Å². The van der Waals surface area contributed by atoms with Gasteiger partial charge in [0.1, 0.15) is 0 Å². The first kappa shape index (κ1) is 18.2. The van der Waals surface area contributed by atoms with E-state index in [4.69, 9.17) is 4.74 Å². The number of ether oxygens (including phenoxy) is 1. The molecule has 6 nitrogen and oxygen atoms in total. The predicted molar refractivity (Wildman–Crippen MR) is 91.8 cm³/mol. The van der Waals surface area contributed by atoms with E-state index < -0.39 is 15.8 Å². The number of hydrogen-bond acceptors (Lipinski definition) is 5. The van der Waals surface area contributed by atoms with Crippen LogP contribution >= 0.6 is 0 Å². The molecule has 0 saturated heterocycles. The number of amides is 1.